The van der Waals surface area contributed by atoms with Crippen molar-refractivity contribution >= 4 is 0 Å². The summed E-state index contributed by atoms with van der Waals surface area (Å²) in [5.74, 6) is 0. The first-order valence-corrected chi connectivity index (χ1v) is 6.86. The van der Waals surface area contributed by atoms with Gasteiger partial charge in [0.15, 0.2) is 0 Å². The van der Waals surface area contributed by atoms with Crippen molar-refractivity contribution < 1.29 is 9.84 Å². The van der Waals surface area contributed by atoms with E-state index < -0.39 is 5.60 Å². The minimum atomic E-state index is -0.940. The molecular formula is C16H27NO2. The molecule has 108 valence electrons. The fourth-order valence-electron chi connectivity index (χ4n) is 2.21. The van der Waals surface area contributed by atoms with Gasteiger partial charge in [-0.2, -0.15) is 0 Å². The van der Waals surface area contributed by atoms with E-state index in [1.54, 1.807) is 7.11 Å². The molecule has 0 aliphatic rings. The van der Waals surface area contributed by atoms with Crippen molar-refractivity contribution in [1.82, 2.24) is 0 Å². The predicted molar refractivity (Wildman–Crippen MR) is 79.2 cm³/mol. The number of methoxy groups -OCH3 is 1. The van der Waals surface area contributed by atoms with Crippen molar-refractivity contribution in [3.8, 4) is 0 Å². The molecule has 1 atom stereocenters. The molecule has 0 saturated carbocycles. The van der Waals surface area contributed by atoms with Crippen molar-refractivity contribution in [3.05, 3.63) is 35.4 Å². The molecule has 0 spiro atoms. The van der Waals surface area contributed by atoms with Crippen LogP contribution in [0.15, 0.2) is 24.3 Å². The molecule has 0 saturated heterocycles. The van der Waals surface area contributed by atoms with Crippen LogP contribution in [0.25, 0.3) is 0 Å². The van der Waals surface area contributed by atoms with Crippen LogP contribution in [0.5, 0.6) is 0 Å². The first kappa shape index (κ1) is 16.2. The summed E-state index contributed by atoms with van der Waals surface area (Å²) in [5.41, 5.74) is 6.88. The largest absolute Gasteiger partial charge is 0.383 e. The van der Waals surface area contributed by atoms with Gasteiger partial charge in [0, 0.05) is 7.11 Å². The number of hydrogen-bond donors (Lipinski definition) is 2. The lowest BCUT2D eigenvalue weighted by atomic mass is 9.83. The second-order valence-electron chi connectivity index (χ2n) is 6.18. The van der Waals surface area contributed by atoms with Crippen molar-refractivity contribution in [2.75, 3.05) is 20.3 Å². The Morgan fingerprint density at radius 1 is 1.11 bits per heavy atom. The van der Waals surface area contributed by atoms with Crippen molar-refractivity contribution in [3.63, 3.8) is 0 Å². The van der Waals surface area contributed by atoms with E-state index in [1.165, 1.54) is 5.56 Å². The van der Waals surface area contributed by atoms with Gasteiger partial charge in [-0.1, -0.05) is 45.0 Å². The molecule has 1 aromatic rings. The molecule has 0 amide bonds. The first-order valence-electron chi connectivity index (χ1n) is 6.86. The average Bonchev–Trinajstić information content (AvgIpc) is 2.36. The third-order valence-electron chi connectivity index (χ3n) is 3.47. The molecule has 1 unspecified atom stereocenters. The molecule has 3 heteroatoms. The molecule has 0 fully saturated rings. The highest BCUT2D eigenvalue weighted by Crippen LogP contribution is 2.29. The van der Waals surface area contributed by atoms with Crippen molar-refractivity contribution in [2.45, 2.75) is 44.6 Å². The lowest BCUT2D eigenvalue weighted by Crippen LogP contribution is -2.32. The summed E-state index contributed by atoms with van der Waals surface area (Å²) < 4.78 is 5.17. The Kier molecular flexibility index (Phi) is 5.53. The van der Waals surface area contributed by atoms with Gasteiger partial charge < -0.3 is 15.6 Å². The van der Waals surface area contributed by atoms with Crippen LogP contribution in [0, 0.1) is 0 Å². The maximum atomic E-state index is 10.7. The van der Waals surface area contributed by atoms with Crippen molar-refractivity contribution in [2.24, 2.45) is 5.73 Å². The Hall–Kier alpha value is -0.900. The maximum absolute atomic E-state index is 10.7. The fourth-order valence-corrected chi connectivity index (χ4v) is 2.21. The summed E-state index contributed by atoms with van der Waals surface area (Å²) in [4.78, 5) is 0. The molecule has 0 radical (unpaired) electrons. The number of benzene rings is 1. The van der Waals surface area contributed by atoms with E-state index in [2.05, 4.69) is 32.9 Å². The van der Waals surface area contributed by atoms with Gasteiger partial charge in [-0.25, -0.2) is 0 Å². The van der Waals surface area contributed by atoms with E-state index in [-0.39, 0.29) is 5.41 Å². The second kappa shape index (κ2) is 6.51. The molecule has 0 aromatic heterocycles. The lowest BCUT2D eigenvalue weighted by Gasteiger charge is -2.29. The number of rotatable bonds is 6. The third-order valence-corrected chi connectivity index (χ3v) is 3.47. The van der Waals surface area contributed by atoms with E-state index >= 15 is 0 Å². The summed E-state index contributed by atoms with van der Waals surface area (Å²) in [6, 6.07) is 8.16. The highest BCUT2D eigenvalue weighted by atomic mass is 16.5. The summed E-state index contributed by atoms with van der Waals surface area (Å²) in [7, 11) is 1.61. The van der Waals surface area contributed by atoms with Gasteiger partial charge in [0.1, 0.15) is 5.60 Å². The van der Waals surface area contributed by atoms with Crippen LogP contribution in [0.4, 0.5) is 0 Å². The molecule has 0 aliphatic heterocycles. The Morgan fingerprint density at radius 2 is 1.63 bits per heavy atom. The Morgan fingerprint density at radius 3 is 2.05 bits per heavy atom. The highest BCUT2D eigenvalue weighted by molar-refractivity contribution is 5.31. The molecular weight excluding hydrogens is 238 g/mol. The zero-order valence-electron chi connectivity index (χ0n) is 12.6. The normalized spacial score (nSPS) is 15.3. The number of ether oxygens (including phenoxy) is 1. The topological polar surface area (TPSA) is 55.5 Å². The van der Waals surface area contributed by atoms with Crippen LogP contribution in [-0.4, -0.2) is 25.4 Å². The zero-order chi connectivity index (χ0) is 14.5. The molecule has 0 heterocycles. The lowest BCUT2D eigenvalue weighted by molar-refractivity contribution is -0.0429. The molecule has 3 nitrogen and oxygen atoms in total. The smallest absolute Gasteiger partial charge is 0.113 e. The number of nitrogens with two attached hydrogens (primary N) is 1. The van der Waals surface area contributed by atoms with Crippen LogP contribution in [0.2, 0.25) is 0 Å². The van der Waals surface area contributed by atoms with Crippen molar-refractivity contribution in [1.29, 1.82) is 0 Å². The first-order chi connectivity index (χ1) is 8.83. The van der Waals surface area contributed by atoms with Crippen LogP contribution >= 0.6 is 0 Å². The third kappa shape index (κ3) is 4.30. The molecule has 1 rings (SSSR count). The molecule has 0 aliphatic carbocycles. The fraction of sp³-hybridized carbons (Fsp3) is 0.625. The van der Waals surface area contributed by atoms with Gasteiger partial charge in [0.25, 0.3) is 0 Å². The molecule has 1 aromatic carbocycles. The number of aliphatic hydroxyl groups is 1. The molecule has 19 heavy (non-hydrogen) atoms. The maximum Gasteiger partial charge on any atom is 0.113 e. The van der Waals surface area contributed by atoms with Gasteiger partial charge in [-0.15, -0.1) is 0 Å². The predicted octanol–water partition coefficient (Wildman–Crippen LogP) is 2.56. The minimum absolute atomic E-state index is 0.120. The molecule has 0 bridgehead atoms. The standard InChI is InChI=1S/C16H27NO2/c1-15(2,3)13-6-8-14(9-7-13)16(18,12-19-4)10-5-11-17/h6-9,18H,5,10-12,17H2,1-4H3. The van der Waals surface area contributed by atoms with Gasteiger partial charge in [0.2, 0.25) is 0 Å². The minimum Gasteiger partial charge on any atom is -0.383 e. The van der Waals surface area contributed by atoms with E-state index in [9.17, 15) is 5.11 Å². The second-order valence-corrected chi connectivity index (χ2v) is 6.18. The summed E-state index contributed by atoms with van der Waals surface area (Å²) in [5, 5.41) is 10.7. The van der Waals surface area contributed by atoms with E-state index in [0.717, 1.165) is 12.0 Å². The average molecular weight is 265 g/mol. The van der Waals surface area contributed by atoms with Gasteiger partial charge in [-0.05, 0) is 35.9 Å². The molecule has 3 N–H and O–H groups in total. The van der Waals surface area contributed by atoms with E-state index in [1.807, 2.05) is 12.1 Å². The monoisotopic (exact) mass is 265 g/mol. The highest BCUT2D eigenvalue weighted by Gasteiger charge is 2.29. The Balaban J connectivity index is 2.97. The summed E-state index contributed by atoms with van der Waals surface area (Å²) in [6.45, 7) is 7.40. The Bertz CT molecular complexity index is 381. The number of hydrogen-bond acceptors (Lipinski definition) is 3. The van der Waals surface area contributed by atoms with Crippen LogP contribution < -0.4 is 5.73 Å². The van der Waals surface area contributed by atoms with Gasteiger partial charge >= 0.3 is 0 Å². The van der Waals surface area contributed by atoms with Crippen LogP contribution in [0.1, 0.15) is 44.7 Å². The quantitative estimate of drug-likeness (QED) is 0.831. The van der Waals surface area contributed by atoms with E-state index in [4.69, 9.17) is 10.5 Å². The van der Waals surface area contributed by atoms with E-state index in [0.29, 0.717) is 19.6 Å². The summed E-state index contributed by atoms with van der Waals surface area (Å²) >= 11 is 0. The Labute approximate surface area is 116 Å². The SMILES string of the molecule is COCC(O)(CCCN)c1ccc(C(C)(C)C)cc1. The van der Waals surface area contributed by atoms with Crippen LogP contribution in [-0.2, 0) is 15.8 Å². The zero-order valence-corrected chi connectivity index (χ0v) is 12.6. The van der Waals surface area contributed by atoms with Crippen LogP contribution in [0.3, 0.4) is 0 Å². The van der Waals surface area contributed by atoms with Gasteiger partial charge in [-0.3, -0.25) is 0 Å². The summed E-state index contributed by atoms with van der Waals surface area (Å²) in [6.07, 6.45) is 1.40. The van der Waals surface area contributed by atoms with Gasteiger partial charge in [0.05, 0.1) is 6.61 Å².